The number of nitrogens with zero attached hydrogens (tertiary/aromatic N) is 2. The van der Waals surface area contributed by atoms with Crippen LogP contribution in [-0.2, 0) is 0 Å². The van der Waals surface area contributed by atoms with Crippen LogP contribution in [0.25, 0.3) is 0 Å². The smallest absolute Gasteiger partial charge is 0.132 e. The molecule has 17 heavy (non-hydrogen) atoms. The molecule has 2 N–H and O–H groups in total. The number of hydrogen-bond acceptors (Lipinski definition) is 4. The SMILES string of the molecule is CNc1cc(N[C@@H]2CCCC[C@@H]2C)nc(C)n1. The van der Waals surface area contributed by atoms with E-state index in [9.17, 15) is 0 Å². The molecule has 0 spiro atoms. The lowest BCUT2D eigenvalue weighted by atomic mass is 9.86. The maximum Gasteiger partial charge on any atom is 0.132 e. The highest BCUT2D eigenvalue weighted by atomic mass is 15.1. The van der Waals surface area contributed by atoms with Gasteiger partial charge in [0.15, 0.2) is 0 Å². The molecule has 0 aromatic carbocycles. The molecule has 0 saturated heterocycles. The first kappa shape index (κ1) is 12.1. The second-order valence-electron chi connectivity index (χ2n) is 4.95. The molecule has 4 heteroatoms. The summed E-state index contributed by atoms with van der Waals surface area (Å²) in [5.41, 5.74) is 0. The molecule has 0 bridgehead atoms. The molecule has 1 fully saturated rings. The number of hydrogen-bond donors (Lipinski definition) is 2. The Labute approximate surface area is 103 Å². The van der Waals surface area contributed by atoms with Crippen LogP contribution in [0.2, 0.25) is 0 Å². The minimum atomic E-state index is 0.558. The van der Waals surface area contributed by atoms with Crippen molar-refractivity contribution in [3.63, 3.8) is 0 Å². The van der Waals surface area contributed by atoms with Crippen molar-refractivity contribution in [2.24, 2.45) is 5.92 Å². The molecule has 0 amide bonds. The summed E-state index contributed by atoms with van der Waals surface area (Å²) in [6, 6.07) is 2.54. The zero-order chi connectivity index (χ0) is 12.3. The van der Waals surface area contributed by atoms with Crippen molar-refractivity contribution in [2.45, 2.75) is 45.6 Å². The second-order valence-corrected chi connectivity index (χ2v) is 4.95. The molecule has 0 unspecified atom stereocenters. The molecule has 0 radical (unpaired) electrons. The first-order chi connectivity index (χ1) is 8.19. The van der Waals surface area contributed by atoms with Gasteiger partial charge in [-0.2, -0.15) is 0 Å². The van der Waals surface area contributed by atoms with Crippen molar-refractivity contribution in [1.82, 2.24) is 9.97 Å². The zero-order valence-corrected chi connectivity index (χ0v) is 11.0. The average Bonchev–Trinajstić information content (AvgIpc) is 2.31. The maximum atomic E-state index is 4.45. The van der Waals surface area contributed by atoms with Gasteiger partial charge in [-0.15, -0.1) is 0 Å². The van der Waals surface area contributed by atoms with E-state index < -0.39 is 0 Å². The Balaban J connectivity index is 2.09. The first-order valence-electron chi connectivity index (χ1n) is 6.49. The minimum Gasteiger partial charge on any atom is -0.373 e. The molecule has 4 nitrogen and oxygen atoms in total. The van der Waals surface area contributed by atoms with Crippen LogP contribution in [-0.4, -0.2) is 23.1 Å². The summed E-state index contributed by atoms with van der Waals surface area (Å²) in [6.45, 7) is 4.25. The van der Waals surface area contributed by atoms with Crippen LogP contribution in [0.15, 0.2) is 6.07 Å². The Morgan fingerprint density at radius 3 is 2.59 bits per heavy atom. The molecule has 2 rings (SSSR count). The third-order valence-corrected chi connectivity index (χ3v) is 3.54. The summed E-state index contributed by atoms with van der Waals surface area (Å²) >= 11 is 0. The van der Waals surface area contributed by atoms with Gasteiger partial charge < -0.3 is 10.6 Å². The third kappa shape index (κ3) is 3.08. The number of nitrogens with one attached hydrogen (secondary N) is 2. The summed E-state index contributed by atoms with van der Waals surface area (Å²) in [6.07, 6.45) is 5.26. The van der Waals surface area contributed by atoms with E-state index in [0.29, 0.717) is 6.04 Å². The Hall–Kier alpha value is -1.32. The van der Waals surface area contributed by atoms with Crippen LogP contribution < -0.4 is 10.6 Å². The third-order valence-electron chi connectivity index (χ3n) is 3.54. The van der Waals surface area contributed by atoms with Gasteiger partial charge in [-0.05, 0) is 25.7 Å². The van der Waals surface area contributed by atoms with E-state index in [0.717, 1.165) is 23.4 Å². The second kappa shape index (κ2) is 5.34. The number of anilines is 2. The van der Waals surface area contributed by atoms with Gasteiger partial charge in [-0.25, -0.2) is 9.97 Å². The number of rotatable bonds is 3. The Bertz CT molecular complexity index is 378. The van der Waals surface area contributed by atoms with Gasteiger partial charge in [0.25, 0.3) is 0 Å². The van der Waals surface area contributed by atoms with Crippen molar-refractivity contribution in [3.05, 3.63) is 11.9 Å². The molecular formula is C13H22N4. The Kier molecular flexibility index (Phi) is 3.82. The summed E-state index contributed by atoms with van der Waals surface area (Å²) in [7, 11) is 1.88. The van der Waals surface area contributed by atoms with Crippen LogP contribution in [0.1, 0.15) is 38.4 Å². The van der Waals surface area contributed by atoms with Gasteiger partial charge in [0.1, 0.15) is 17.5 Å². The van der Waals surface area contributed by atoms with Gasteiger partial charge in [0.2, 0.25) is 0 Å². The maximum absolute atomic E-state index is 4.45. The predicted molar refractivity (Wildman–Crippen MR) is 71.4 cm³/mol. The topological polar surface area (TPSA) is 49.8 Å². The molecule has 0 aliphatic heterocycles. The van der Waals surface area contributed by atoms with Crippen LogP contribution in [0.5, 0.6) is 0 Å². The first-order valence-corrected chi connectivity index (χ1v) is 6.49. The van der Waals surface area contributed by atoms with Gasteiger partial charge in [-0.3, -0.25) is 0 Å². The fourth-order valence-corrected chi connectivity index (χ4v) is 2.49. The average molecular weight is 234 g/mol. The van der Waals surface area contributed by atoms with E-state index in [1.165, 1.54) is 25.7 Å². The van der Waals surface area contributed by atoms with E-state index in [-0.39, 0.29) is 0 Å². The normalized spacial score (nSPS) is 24.4. The van der Waals surface area contributed by atoms with Gasteiger partial charge in [0.05, 0.1) is 0 Å². The van der Waals surface area contributed by atoms with Crippen molar-refractivity contribution in [1.29, 1.82) is 0 Å². The molecule has 1 aliphatic carbocycles. The lowest BCUT2D eigenvalue weighted by Crippen LogP contribution is -2.30. The summed E-state index contributed by atoms with van der Waals surface area (Å²) < 4.78 is 0. The lowest BCUT2D eigenvalue weighted by Gasteiger charge is -2.30. The zero-order valence-electron chi connectivity index (χ0n) is 11.0. The standard InChI is InChI=1S/C13H22N4/c1-9-6-4-5-7-11(9)17-13-8-12(14-3)15-10(2)16-13/h8-9,11H,4-7H2,1-3H3,(H2,14,15,16,17)/t9-,11+/m0/s1. The number of aromatic nitrogens is 2. The largest absolute Gasteiger partial charge is 0.373 e. The van der Waals surface area contributed by atoms with Gasteiger partial charge in [0, 0.05) is 19.2 Å². The molecule has 1 saturated carbocycles. The molecule has 2 atom stereocenters. The van der Waals surface area contributed by atoms with E-state index >= 15 is 0 Å². The van der Waals surface area contributed by atoms with Crippen molar-refractivity contribution < 1.29 is 0 Å². The Morgan fingerprint density at radius 1 is 1.18 bits per heavy atom. The molecular weight excluding hydrogens is 212 g/mol. The van der Waals surface area contributed by atoms with E-state index in [4.69, 9.17) is 0 Å². The fourth-order valence-electron chi connectivity index (χ4n) is 2.49. The molecule has 1 aromatic rings. The van der Waals surface area contributed by atoms with Crippen LogP contribution >= 0.6 is 0 Å². The highest BCUT2D eigenvalue weighted by molar-refractivity contribution is 5.47. The lowest BCUT2D eigenvalue weighted by molar-refractivity contribution is 0.349. The fraction of sp³-hybridized carbons (Fsp3) is 0.692. The van der Waals surface area contributed by atoms with Crippen LogP contribution in [0, 0.1) is 12.8 Å². The van der Waals surface area contributed by atoms with Crippen LogP contribution in [0.4, 0.5) is 11.6 Å². The van der Waals surface area contributed by atoms with E-state index in [1.807, 2.05) is 20.0 Å². The summed E-state index contributed by atoms with van der Waals surface area (Å²) in [5, 5.41) is 6.62. The highest BCUT2D eigenvalue weighted by Crippen LogP contribution is 2.26. The number of aryl methyl sites for hydroxylation is 1. The monoisotopic (exact) mass is 234 g/mol. The van der Waals surface area contributed by atoms with Crippen LogP contribution in [0.3, 0.4) is 0 Å². The van der Waals surface area contributed by atoms with E-state index in [1.54, 1.807) is 0 Å². The van der Waals surface area contributed by atoms with Crippen molar-refractivity contribution in [3.8, 4) is 0 Å². The predicted octanol–water partition coefficient (Wildman–Crippen LogP) is 2.82. The Morgan fingerprint density at radius 2 is 1.88 bits per heavy atom. The highest BCUT2D eigenvalue weighted by Gasteiger charge is 2.21. The molecule has 1 aromatic heterocycles. The van der Waals surface area contributed by atoms with Gasteiger partial charge >= 0.3 is 0 Å². The molecule has 94 valence electrons. The van der Waals surface area contributed by atoms with Crippen molar-refractivity contribution in [2.75, 3.05) is 17.7 Å². The molecule has 1 aliphatic rings. The van der Waals surface area contributed by atoms with E-state index in [2.05, 4.69) is 27.5 Å². The summed E-state index contributed by atoms with van der Waals surface area (Å²) in [5.74, 6) is 3.36. The summed E-state index contributed by atoms with van der Waals surface area (Å²) in [4.78, 5) is 8.75. The van der Waals surface area contributed by atoms with Crippen molar-refractivity contribution >= 4 is 11.6 Å². The van der Waals surface area contributed by atoms with Gasteiger partial charge in [-0.1, -0.05) is 19.8 Å². The molecule has 1 heterocycles. The minimum absolute atomic E-state index is 0.558. The quantitative estimate of drug-likeness (QED) is 0.844.